The lowest BCUT2D eigenvalue weighted by atomic mass is 9.90. The summed E-state index contributed by atoms with van der Waals surface area (Å²) in [4.78, 5) is 18.5. The summed E-state index contributed by atoms with van der Waals surface area (Å²) >= 11 is 3.55. The third kappa shape index (κ3) is 2.37. The Kier molecular flexibility index (Phi) is 3.30. The van der Waals surface area contributed by atoms with Gasteiger partial charge in [0, 0.05) is 24.4 Å². The van der Waals surface area contributed by atoms with Crippen molar-refractivity contribution < 1.29 is 9.53 Å². The first kappa shape index (κ1) is 14.5. The third-order valence-electron chi connectivity index (χ3n) is 4.45. The van der Waals surface area contributed by atoms with Crippen molar-refractivity contribution in [3.05, 3.63) is 58.3 Å². The second-order valence-electron chi connectivity index (χ2n) is 6.09. The molecule has 1 N–H and O–H groups in total. The molecule has 2 atom stereocenters. The number of aromatic nitrogens is 1. The summed E-state index contributed by atoms with van der Waals surface area (Å²) < 4.78 is 7.18. The van der Waals surface area contributed by atoms with Gasteiger partial charge in [0.1, 0.15) is 5.75 Å². The summed E-state index contributed by atoms with van der Waals surface area (Å²) in [6.07, 6.45) is 4.21. The van der Waals surface area contributed by atoms with E-state index in [1.54, 1.807) is 17.3 Å². The maximum Gasteiger partial charge on any atom is 0.321 e. The van der Waals surface area contributed by atoms with Crippen LogP contribution >= 0.6 is 15.9 Å². The van der Waals surface area contributed by atoms with Crippen LogP contribution in [-0.2, 0) is 6.54 Å². The van der Waals surface area contributed by atoms with E-state index >= 15 is 0 Å². The number of rotatable bonds is 2. The van der Waals surface area contributed by atoms with Crippen LogP contribution in [0.1, 0.15) is 30.5 Å². The number of nitrogens with one attached hydrogen (secondary N) is 1. The number of halogens is 1. The van der Waals surface area contributed by atoms with E-state index in [-0.39, 0.29) is 12.1 Å². The largest absolute Gasteiger partial charge is 0.466 e. The van der Waals surface area contributed by atoms with Gasteiger partial charge in [-0.2, -0.15) is 0 Å². The number of amides is 2. The van der Waals surface area contributed by atoms with E-state index in [0.717, 1.165) is 21.3 Å². The number of carbonyl (C=O) groups excluding carboxylic acids is 1. The fraction of sp³-hybridized carbons (Fsp3) is 0.294. The summed E-state index contributed by atoms with van der Waals surface area (Å²) in [5.41, 5.74) is 1.31. The molecule has 0 saturated carbocycles. The van der Waals surface area contributed by atoms with Crippen LogP contribution in [0.15, 0.2) is 47.2 Å². The molecule has 2 aliphatic heterocycles. The fourth-order valence-corrected chi connectivity index (χ4v) is 3.77. The summed E-state index contributed by atoms with van der Waals surface area (Å²) in [5, 5.41) is 3.09. The predicted molar refractivity (Wildman–Crippen MR) is 88.8 cm³/mol. The fourth-order valence-electron chi connectivity index (χ4n) is 3.31. The van der Waals surface area contributed by atoms with Gasteiger partial charge < -0.3 is 10.1 Å². The maximum absolute atomic E-state index is 12.6. The molecule has 1 aromatic heterocycles. The smallest absolute Gasteiger partial charge is 0.321 e. The van der Waals surface area contributed by atoms with Crippen LogP contribution in [0.2, 0.25) is 0 Å². The standard InChI is InChI=1S/C17H16BrN3O2/c1-17-8-14(12-5-2-6-13(18)15(12)23-17)20-16(22)21(17)10-11-4-3-7-19-9-11/h2-7,9,14H,8,10H2,1H3,(H,20,22). The second-order valence-corrected chi connectivity index (χ2v) is 6.94. The van der Waals surface area contributed by atoms with Crippen molar-refractivity contribution in [2.24, 2.45) is 0 Å². The number of hydrogen-bond donors (Lipinski definition) is 1. The number of nitrogens with zero attached hydrogens (tertiary/aromatic N) is 2. The van der Waals surface area contributed by atoms with Crippen molar-refractivity contribution in [3.63, 3.8) is 0 Å². The molecule has 5 nitrogen and oxygen atoms in total. The Morgan fingerprint density at radius 2 is 2.30 bits per heavy atom. The van der Waals surface area contributed by atoms with E-state index in [0.29, 0.717) is 13.0 Å². The summed E-state index contributed by atoms with van der Waals surface area (Å²) in [6.45, 7) is 2.43. The van der Waals surface area contributed by atoms with E-state index in [9.17, 15) is 4.79 Å². The topological polar surface area (TPSA) is 54.5 Å². The molecule has 2 bridgehead atoms. The minimum atomic E-state index is -0.681. The van der Waals surface area contributed by atoms with E-state index in [1.165, 1.54) is 0 Å². The van der Waals surface area contributed by atoms with Crippen molar-refractivity contribution in [2.45, 2.75) is 31.7 Å². The molecule has 2 aromatic rings. The average Bonchev–Trinajstić information content (AvgIpc) is 2.53. The molecule has 2 unspecified atom stereocenters. The molecule has 2 amide bonds. The molecule has 1 saturated heterocycles. The number of carbonyl (C=O) groups is 1. The Bertz CT molecular complexity index is 768. The Labute approximate surface area is 142 Å². The molecule has 1 aromatic carbocycles. The van der Waals surface area contributed by atoms with Gasteiger partial charge in [0.2, 0.25) is 0 Å². The highest BCUT2D eigenvalue weighted by molar-refractivity contribution is 9.10. The molecule has 4 rings (SSSR count). The Hall–Kier alpha value is -2.08. The molecule has 0 spiro atoms. The molecule has 1 fully saturated rings. The van der Waals surface area contributed by atoms with Crippen molar-refractivity contribution in [1.82, 2.24) is 15.2 Å². The average molecular weight is 374 g/mol. The van der Waals surface area contributed by atoms with Crippen LogP contribution < -0.4 is 10.1 Å². The lowest BCUT2D eigenvalue weighted by Crippen LogP contribution is -2.64. The first-order valence-electron chi connectivity index (χ1n) is 7.51. The van der Waals surface area contributed by atoms with Gasteiger partial charge in [-0.15, -0.1) is 0 Å². The van der Waals surface area contributed by atoms with Gasteiger partial charge in [0.25, 0.3) is 0 Å². The molecule has 6 heteroatoms. The molecule has 118 valence electrons. The molecule has 23 heavy (non-hydrogen) atoms. The molecule has 0 aliphatic carbocycles. The van der Waals surface area contributed by atoms with Crippen molar-refractivity contribution in [3.8, 4) is 5.75 Å². The van der Waals surface area contributed by atoms with Crippen molar-refractivity contribution in [2.75, 3.05) is 0 Å². The van der Waals surface area contributed by atoms with Crippen LogP contribution in [0, 0.1) is 0 Å². The van der Waals surface area contributed by atoms with Crippen LogP contribution in [0.4, 0.5) is 4.79 Å². The monoisotopic (exact) mass is 373 g/mol. The molecule has 2 aliphatic rings. The molecule has 0 radical (unpaired) electrons. The zero-order valence-electron chi connectivity index (χ0n) is 12.6. The SMILES string of the molecule is CC12CC(NC(=O)N1Cc1cccnc1)c1cccc(Br)c1O2. The maximum atomic E-state index is 12.6. The Morgan fingerprint density at radius 1 is 1.43 bits per heavy atom. The lowest BCUT2D eigenvalue weighted by molar-refractivity contribution is -0.0884. The Balaban J connectivity index is 1.72. The second kappa shape index (κ2) is 5.23. The zero-order chi connectivity index (χ0) is 16.0. The van der Waals surface area contributed by atoms with Crippen molar-refractivity contribution >= 4 is 22.0 Å². The third-order valence-corrected chi connectivity index (χ3v) is 5.08. The number of pyridine rings is 1. The lowest BCUT2D eigenvalue weighted by Gasteiger charge is -2.51. The van der Waals surface area contributed by atoms with E-state index in [2.05, 4.69) is 26.2 Å². The zero-order valence-corrected chi connectivity index (χ0v) is 14.2. The summed E-state index contributed by atoms with van der Waals surface area (Å²) in [5.74, 6) is 0.808. The number of benzene rings is 1. The van der Waals surface area contributed by atoms with Crippen LogP contribution in [0.3, 0.4) is 0 Å². The quantitative estimate of drug-likeness (QED) is 0.874. The van der Waals surface area contributed by atoms with Crippen LogP contribution in [0.25, 0.3) is 0 Å². The number of hydrogen-bond acceptors (Lipinski definition) is 3. The minimum absolute atomic E-state index is 0.0288. The Morgan fingerprint density at radius 3 is 3.09 bits per heavy atom. The van der Waals surface area contributed by atoms with E-state index in [4.69, 9.17) is 4.74 Å². The molecule has 3 heterocycles. The molecular weight excluding hydrogens is 358 g/mol. The highest BCUT2D eigenvalue weighted by Gasteiger charge is 2.49. The normalized spacial score (nSPS) is 25.4. The highest BCUT2D eigenvalue weighted by atomic mass is 79.9. The van der Waals surface area contributed by atoms with E-state index in [1.807, 2.05) is 37.3 Å². The first-order valence-corrected chi connectivity index (χ1v) is 8.30. The van der Waals surface area contributed by atoms with Gasteiger partial charge in [-0.25, -0.2) is 4.79 Å². The van der Waals surface area contributed by atoms with Gasteiger partial charge in [-0.05, 0) is 40.5 Å². The van der Waals surface area contributed by atoms with Gasteiger partial charge in [-0.3, -0.25) is 9.88 Å². The van der Waals surface area contributed by atoms with Crippen LogP contribution in [-0.4, -0.2) is 21.6 Å². The van der Waals surface area contributed by atoms with Gasteiger partial charge in [0.05, 0.1) is 17.1 Å². The van der Waals surface area contributed by atoms with Gasteiger partial charge >= 0.3 is 6.03 Å². The number of fused-ring (bicyclic) bond motifs is 4. The van der Waals surface area contributed by atoms with Gasteiger partial charge in [0.15, 0.2) is 5.72 Å². The first-order chi connectivity index (χ1) is 11.1. The van der Waals surface area contributed by atoms with Crippen molar-refractivity contribution in [1.29, 1.82) is 0 Å². The number of urea groups is 1. The summed E-state index contributed by atoms with van der Waals surface area (Å²) in [6, 6.07) is 9.61. The van der Waals surface area contributed by atoms with E-state index < -0.39 is 5.72 Å². The van der Waals surface area contributed by atoms with Crippen LogP contribution in [0.5, 0.6) is 5.75 Å². The van der Waals surface area contributed by atoms with Gasteiger partial charge in [-0.1, -0.05) is 18.2 Å². The predicted octanol–water partition coefficient (Wildman–Crippen LogP) is 3.61. The molecular formula is C17H16BrN3O2. The highest BCUT2D eigenvalue weighted by Crippen LogP contribution is 2.47. The number of para-hydroxylation sites is 1. The minimum Gasteiger partial charge on any atom is -0.466 e. The summed E-state index contributed by atoms with van der Waals surface area (Å²) in [7, 11) is 0. The number of ether oxygens (including phenoxy) is 1.